The van der Waals surface area contributed by atoms with E-state index in [0.717, 1.165) is 5.56 Å². The highest BCUT2D eigenvalue weighted by atomic mass is 19.1. The standard InChI is InChI=1S/C17H13FN6/c1-21-7-13(5-19)12-4-15(11-2-3-16(18)22-8-11)17-14(6-20)9-23-24(17)10-12/h2-5,7-10,19,21H,1H3/b13-7+,19-5?. The van der Waals surface area contributed by atoms with Gasteiger partial charge in [-0.2, -0.15) is 14.8 Å². The van der Waals surface area contributed by atoms with E-state index in [1.807, 2.05) is 6.07 Å². The van der Waals surface area contributed by atoms with Crippen LogP contribution in [0.3, 0.4) is 0 Å². The van der Waals surface area contributed by atoms with Crippen LogP contribution < -0.4 is 5.32 Å². The van der Waals surface area contributed by atoms with Gasteiger partial charge in [0.1, 0.15) is 6.07 Å². The molecule has 24 heavy (non-hydrogen) atoms. The summed E-state index contributed by atoms with van der Waals surface area (Å²) in [5.41, 5.74) is 3.76. The number of hydrogen-bond donors (Lipinski definition) is 2. The summed E-state index contributed by atoms with van der Waals surface area (Å²) >= 11 is 0. The highest BCUT2D eigenvalue weighted by Gasteiger charge is 2.14. The minimum atomic E-state index is -0.574. The van der Waals surface area contributed by atoms with E-state index >= 15 is 0 Å². The summed E-state index contributed by atoms with van der Waals surface area (Å²) in [5.74, 6) is -0.574. The molecular weight excluding hydrogens is 307 g/mol. The summed E-state index contributed by atoms with van der Waals surface area (Å²) in [6, 6.07) is 6.81. The lowest BCUT2D eigenvalue weighted by Crippen LogP contribution is -2.00. The molecule has 3 heterocycles. The number of allylic oxidation sites excluding steroid dienone is 1. The third kappa shape index (κ3) is 2.61. The monoisotopic (exact) mass is 320 g/mol. The van der Waals surface area contributed by atoms with Crippen LogP contribution in [0.4, 0.5) is 4.39 Å². The van der Waals surface area contributed by atoms with E-state index in [0.29, 0.717) is 27.8 Å². The van der Waals surface area contributed by atoms with Gasteiger partial charge in [-0.1, -0.05) is 0 Å². The topological polar surface area (TPSA) is 89.9 Å². The molecule has 0 spiro atoms. The molecule has 3 rings (SSSR count). The molecule has 0 aliphatic carbocycles. The molecule has 0 aromatic carbocycles. The van der Waals surface area contributed by atoms with Crippen LogP contribution in [0.2, 0.25) is 0 Å². The van der Waals surface area contributed by atoms with Crippen LogP contribution in [0.1, 0.15) is 11.1 Å². The molecule has 0 atom stereocenters. The molecular formula is C17H13FN6. The van der Waals surface area contributed by atoms with Gasteiger partial charge >= 0.3 is 0 Å². The van der Waals surface area contributed by atoms with Gasteiger partial charge in [0, 0.05) is 54.1 Å². The average Bonchev–Trinajstić information content (AvgIpc) is 3.02. The fourth-order valence-corrected chi connectivity index (χ4v) is 2.48. The Balaban J connectivity index is 2.33. The number of halogens is 1. The Hall–Kier alpha value is -3.53. The van der Waals surface area contributed by atoms with Gasteiger partial charge in [-0.25, -0.2) is 9.50 Å². The molecule has 0 bridgehead atoms. The Morgan fingerprint density at radius 2 is 2.25 bits per heavy atom. The predicted molar refractivity (Wildman–Crippen MR) is 88.9 cm³/mol. The third-order valence-electron chi connectivity index (χ3n) is 3.56. The second-order valence-corrected chi connectivity index (χ2v) is 5.01. The Morgan fingerprint density at radius 3 is 2.88 bits per heavy atom. The number of fused-ring (bicyclic) bond motifs is 1. The lowest BCUT2D eigenvalue weighted by molar-refractivity contribution is 0.584. The second-order valence-electron chi connectivity index (χ2n) is 5.01. The molecule has 0 saturated carbocycles. The Kier molecular flexibility index (Phi) is 4.03. The summed E-state index contributed by atoms with van der Waals surface area (Å²) in [6.45, 7) is 0. The van der Waals surface area contributed by atoms with Crippen molar-refractivity contribution in [2.45, 2.75) is 0 Å². The van der Waals surface area contributed by atoms with Gasteiger partial charge in [-0.15, -0.1) is 0 Å². The van der Waals surface area contributed by atoms with E-state index in [4.69, 9.17) is 5.41 Å². The van der Waals surface area contributed by atoms with E-state index in [2.05, 4.69) is 21.5 Å². The molecule has 118 valence electrons. The maximum atomic E-state index is 13.1. The zero-order chi connectivity index (χ0) is 17.1. The molecule has 3 aromatic heterocycles. The first kappa shape index (κ1) is 15.4. The van der Waals surface area contributed by atoms with Gasteiger partial charge in [0.25, 0.3) is 0 Å². The van der Waals surface area contributed by atoms with E-state index in [9.17, 15) is 9.65 Å². The molecule has 0 amide bonds. The van der Waals surface area contributed by atoms with Crippen molar-refractivity contribution in [1.82, 2.24) is 19.9 Å². The van der Waals surface area contributed by atoms with Crippen LogP contribution in [-0.2, 0) is 0 Å². The minimum absolute atomic E-state index is 0.412. The highest BCUT2D eigenvalue weighted by Crippen LogP contribution is 2.29. The van der Waals surface area contributed by atoms with Crippen molar-refractivity contribution in [1.29, 1.82) is 10.7 Å². The molecule has 6 nitrogen and oxygen atoms in total. The first-order chi connectivity index (χ1) is 11.7. The number of nitriles is 1. The lowest BCUT2D eigenvalue weighted by atomic mass is 10.0. The Bertz CT molecular complexity index is 979. The Morgan fingerprint density at radius 1 is 1.42 bits per heavy atom. The smallest absolute Gasteiger partial charge is 0.212 e. The van der Waals surface area contributed by atoms with Crippen molar-refractivity contribution in [2.75, 3.05) is 7.05 Å². The minimum Gasteiger partial charge on any atom is -0.393 e. The summed E-state index contributed by atoms with van der Waals surface area (Å²) in [6.07, 6.45) is 7.54. The molecule has 0 saturated heterocycles. The van der Waals surface area contributed by atoms with Crippen molar-refractivity contribution < 1.29 is 4.39 Å². The van der Waals surface area contributed by atoms with E-state index < -0.39 is 5.95 Å². The van der Waals surface area contributed by atoms with Gasteiger partial charge in [0.15, 0.2) is 0 Å². The number of aromatic nitrogens is 3. The number of rotatable bonds is 4. The largest absolute Gasteiger partial charge is 0.393 e. The van der Waals surface area contributed by atoms with Gasteiger partial charge in [-0.05, 0) is 18.2 Å². The zero-order valence-electron chi connectivity index (χ0n) is 12.8. The van der Waals surface area contributed by atoms with E-state index in [-0.39, 0.29) is 0 Å². The van der Waals surface area contributed by atoms with Crippen LogP contribution in [0.25, 0.3) is 22.2 Å². The quantitative estimate of drug-likeness (QED) is 0.571. The summed E-state index contributed by atoms with van der Waals surface area (Å²) < 4.78 is 14.7. The molecule has 2 N–H and O–H groups in total. The summed E-state index contributed by atoms with van der Waals surface area (Å²) in [7, 11) is 1.74. The van der Waals surface area contributed by atoms with E-state index in [1.165, 1.54) is 24.7 Å². The van der Waals surface area contributed by atoms with Crippen molar-refractivity contribution >= 4 is 17.3 Å². The molecule has 3 aromatic rings. The van der Waals surface area contributed by atoms with Crippen LogP contribution >= 0.6 is 0 Å². The SMILES string of the molecule is CN/C=C(\C=N)c1cc(-c2ccc(F)nc2)c2c(C#N)cnn2c1. The average molecular weight is 320 g/mol. The van der Waals surface area contributed by atoms with Crippen LogP contribution in [0, 0.1) is 22.7 Å². The van der Waals surface area contributed by atoms with Crippen LogP contribution in [0.15, 0.2) is 43.0 Å². The molecule has 0 radical (unpaired) electrons. The van der Waals surface area contributed by atoms with Crippen molar-refractivity contribution in [3.05, 3.63) is 60.1 Å². The van der Waals surface area contributed by atoms with E-state index in [1.54, 1.807) is 30.0 Å². The predicted octanol–water partition coefficient (Wildman–Crippen LogP) is 2.62. The maximum Gasteiger partial charge on any atom is 0.212 e. The van der Waals surface area contributed by atoms with Gasteiger partial charge in [0.05, 0.1) is 17.3 Å². The van der Waals surface area contributed by atoms with Crippen molar-refractivity contribution in [3.63, 3.8) is 0 Å². The van der Waals surface area contributed by atoms with Crippen molar-refractivity contribution in [2.24, 2.45) is 0 Å². The first-order valence-electron chi connectivity index (χ1n) is 7.09. The van der Waals surface area contributed by atoms with Gasteiger partial charge in [0.2, 0.25) is 5.95 Å². The molecule has 0 unspecified atom stereocenters. The second kappa shape index (κ2) is 6.30. The first-order valence-corrected chi connectivity index (χ1v) is 7.09. The fourth-order valence-electron chi connectivity index (χ4n) is 2.48. The number of nitrogens with one attached hydrogen (secondary N) is 2. The summed E-state index contributed by atoms with van der Waals surface area (Å²) in [5, 5.41) is 24.0. The molecule has 0 aliphatic heterocycles. The lowest BCUT2D eigenvalue weighted by Gasteiger charge is -2.09. The van der Waals surface area contributed by atoms with Crippen molar-refractivity contribution in [3.8, 4) is 17.2 Å². The van der Waals surface area contributed by atoms with Crippen LogP contribution in [0.5, 0.6) is 0 Å². The summed E-state index contributed by atoms with van der Waals surface area (Å²) in [4.78, 5) is 3.68. The number of hydrogen-bond acceptors (Lipinski definition) is 5. The number of nitrogens with zero attached hydrogens (tertiary/aromatic N) is 4. The Labute approximate surface area is 137 Å². The van der Waals surface area contributed by atoms with Crippen LogP contribution in [-0.4, -0.2) is 27.9 Å². The molecule has 7 heteroatoms. The molecule has 0 fully saturated rings. The maximum absolute atomic E-state index is 13.1. The zero-order valence-corrected chi connectivity index (χ0v) is 12.8. The highest BCUT2D eigenvalue weighted by molar-refractivity contribution is 6.08. The molecule has 0 aliphatic rings. The third-order valence-corrected chi connectivity index (χ3v) is 3.56. The van der Waals surface area contributed by atoms with Gasteiger partial charge in [-0.3, -0.25) is 0 Å². The fraction of sp³-hybridized carbons (Fsp3) is 0.0588. The number of pyridine rings is 2. The normalized spacial score (nSPS) is 11.3. The van der Waals surface area contributed by atoms with Gasteiger partial charge < -0.3 is 10.7 Å².